The van der Waals surface area contributed by atoms with Gasteiger partial charge in [-0.15, -0.1) is 0 Å². The maximum absolute atomic E-state index is 13.7. The first-order valence-electron chi connectivity index (χ1n) is 5.74. The van der Waals surface area contributed by atoms with E-state index in [0.717, 1.165) is 12.1 Å². The number of primary amides is 1. The first-order chi connectivity index (χ1) is 9.88. The average Bonchev–Trinajstić information content (AvgIpc) is 2.37. The van der Waals surface area contributed by atoms with Gasteiger partial charge < -0.3 is 11.1 Å². The lowest BCUT2D eigenvalue weighted by Crippen LogP contribution is -2.17. The van der Waals surface area contributed by atoms with Crippen LogP contribution in [0.5, 0.6) is 0 Å². The lowest BCUT2D eigenvalue weighted by molar-refractivity contribution is 0.0994. The van der Waals surface area contributed by atoms with Gasteiger partial charge in [0.15, 0.2) is 0 Å². The summed E-state index contributed by atoms with van der Waals surface area (Å²) in [5, 5.41) is 2.31. The second kappa shape index (κ2) is 6.01. The smallest absolute Gasteiger partial charge is 0.261 e. The minimum Gasteiger partial charge on any atom is -0.366 e. The lowest BCUT2D eigenvalue weighted by atomic mass is 10.1. The second-order valence-electron chi connectivity index (χ2n) is 4.14. The van der Waals surface area contributed by atoms with Gasteiger partial charge in [0.05, 0.1) is 0 Å². The van der Waals surface area contributed by atoms with E-state index in [1.54, 1.807) is 0 Å². The molecule has 3 N–H and O–H groups in total. The normalized spacial score (nSPS) is 10.2. The summed E-state index contributed by atoms with van der Waals surface area (Å²) in [6.45, 7) is 0. The molecule has 0 heterocycles. The van der Waals surface area contributed by atoms with E-state index in [1.165, 1.54) is 24.3 Å². The molecule has 0 aliphatic heterocycles. The highest BCUT2D eigenvalue weighted by atomic mass is 79.9. The zero-order chi connectivity index (χ0) is 15.6. The minimum atomic E-state index is -0.995. The summed E-state index contributed by atoms with van der Waals surface area (Å²) in [6, 6.07) is 7.70. The Kier molecular flexibility index (Phi) is 4.32. The van der Waals surface area contributed by atoms with E-state index in [0.29, 0.717) is 0 Å². The highest BCUT2D eigenvalue weighted by molar-refractivity contribution is 9.10. The Balaban J connectivity index is 2.30. The zero-order valence-corrected chi connectivity index (χ0v) is 12.1. The number of halogens is 3. The number of anilines is 1. The van der Waals surface area contributed by atoms with Crippen LogP contribution in [0.4, 0.5) is 14.5 Å². The molecule has 21 heavy (non-hydrogen) atoms. The van der Waals surface area contributed by atoms with E-state index in [2.05, 4.69) is 21.2 Å². The molecule has 0 atom stereocenters. The van der Waals surface area contributed by atoms with E-state index in [4.69, 9.17) is 5.73 Å². The van der Waals surface area contributed by atoms with Gasteiger partial charge in [-0.3, -0.25) is 9.59 Å². The SMILES string of the molecule is NC(=O)c1cccc(NC(=O)c2c(F)cc(Br)cc2F)c1. The molecule has 2 aromatic carbocycles. The molecule has 2 rings (SSSR count). The van der Waals surface area contributed by atoms with Crippen molar-refractivity contribution in [1.82, 2.24) is 0 Å². The predicted octanol–water partition coefficient (Wildman–Crippen LogP) is 3.08. The largest absolute Gasteiger partial charge is 0.366 e. The number of hydrogen-bond donors (Lipinski definition) is 2. The van der Waals surface area contributed by atoms with Crippen LogP contribution in [0.1, 0.15) is 20.7 Å². The Morgan fingerprint density at radius 1 is 1.10 bits per heavy atom. The summed E-state index contributed by atoms with van der Waals surface area (Å²) in [5.74, 6) is -3.62. The molecule has 2 aromatic rings. The molecule has 0 aromatic heterocycles. The number of rotatable bonds is 3. The monoisotopic (exact) mass is 354 g/mol. The Bertz CT molecular complexity index is 712. The van der Waals surface area contributed by atoms with Crippen molar-refractivity contribution in [2.75, 3.05) is 5.32 Å². The van der Waals surface area contributed by atoms with E-state index < -0.39 is 29.0 Å². The van der Waals surface area contributed by atoms with Crippen LogP contribution in [-0.2, 0) is 0 Å². The Hall–Kier alpha value is -2.28. The van der Waals surface area contributed by atoms with E-state index in [-0.39, 0.29) is 15.7 Å². The molecule has 7 heteroatoms. The van der Waals surface area contributed by atoms with Crippen molar-refractivity contribution in [1.29, 1.82) is 0 Å². The van der Waals surface area contributed by atoms with Gasteiger partial charge in [0.25, 0.3) is 5.91 Å². The van der Waals surface area contributed by atoms with Crippen LogP contribution in [0.3, 0.4) is 0 Å². The fourth-order valence-electron chi connectivity index (χ4n) is 1.70. The van der Waals surface area contributed by atoms with E-state index in [9.17, 15) is 18.4 Å². The first-order valence-corrected chi connectivity index (χ1v) is 6.53. The van der Waals surface area contributed by atoms with Crippen LogP contribution in [0, 0.1) is 11.6 Å². The zero-order valence-electron chi connectivity index (χ0n) is 10.5. The molecule has 0 saturated heterocycles. The van der Waals surface area contributed by atoms with Crippen molar-refractivity contribution >= 4 is 33.4 Å². The van der Waals surface area contributed by atoms with Crippen molar-refractivity contribution in [3.05, 3.63) is 63.6 Å². The third kappa shape index (κ3) is 3.43. The number of carbonyl (C=O) groups is 2. The fraction of sp³-hybridized carbons (Fsp3) is 0. The Morgan fingerprint density at radius 3 is 2.29 bits per heavy atom. The molecule has 0 saturated carbocycles. The van der Waals surface area contributed by atoms with Crippen LogP contribution < -0.4 is 11.1 Å². The van der Waals surface area contributed by atoms with Gasteiger partial charge >= 0.3 is 0 Å². The third-order valence-corrected chi connectivity index (χ3v) is 3.10. The van der Waals surface area contributed by atoms with Gasteiger partial charge in [-0.25, -0.2) is 8.78 Å². The number of hydrogen-bond acceptors (Lipinski definition) is 2. The average molecular weight is 355 g/mol. The van der Waals surface area contributed by atoms with Crippen molar-refractivity contribution in [3.8, 4) is 0 Å². The molecule has 108 valence electrons. The van der Waals surface area contributed by atoms with Crippen molar-refractivity contribution in [2.45, 2.75) is 0 Å². The van der Waals surface area contributed by atoms with Crippen molar-refractivity contribution < 1.29 is 18.4 Å². The Labute approximate surface area is 127 Å². The quantitative estimate of drug-likeness (QED) is 0.888. The van der Waals surface area contributed by atoms with Gasteiger partial charge in [0, 0.05) is 15.7 Å². The van der Waals surface area contributed by atoms with Gasteiger partial charge in [-0.1, -0.05) is 22.0 Å². The predicted molar refractivity (Wildman–Crippen MR) is 77.0 cm³/mol. The molecule has 0 fully saturated rings. The minimum absolute atomic E-state index is 0.171. The highest BCUT2D eigenvalue weighted by Gasteiger charge is 2.18. The van der Waals surface area contributed by atoms with Gasteiger partial charge in [0.2, 0.25) is 5.91 Å². The number of benzene rings is 2. The molecule has 0 bridgehead atoms. The molecular formula is C14H9BrF2N2O2. The molecule has 4 nitrogen and oxygen atoms in total. The van der Waals surface area contributed by atoms with Gasteiger partial charge in [-0.05, 0) is 30.3 Å². The van der Waals surface area contributed by atoms with Gasteiger partial charge in [-0.2, -0.15) is 0 Å². The van der Waals surface area contributed by atoms with Crippen LogP contribution in [0.15, 0.2) is 40.9 Å². The second-order valence-corrected chi connectivity index (χ2v) is 5.06. The molecule has 0 aliphatic rings. The van der Waals surface area contributed by atoms with Crippen LogP contribution in [0.2, 0.25) is 0 Å². The Morgan fingerprint density at radius 2 is 1.71 bits per heavy atom. The van der Waals surface area contributed by atoms with E-state index >= 15 is 0 Å². The first kappa shape index (κ1) is 15.1. The topological polar surface area (TPSA) is 72.2 Å². The fourth-order valence-corrected chi connectivity index (χ4v) is 2.10. The van der Waals surface area contributed by atoms with Gasteiger partial charge in [0.1, 0.15) is 17.2 Å². The summed E-state index contributed by atoms with van der Waals surface area (Å²) in [6.07, 6.45) is 0. The molecular weight excluding hydrogens is 346 g/mol. The lowest BCUT2D eigenvalue weighted by Gasteiger charge is -2.08. The number of amides is 2. The molecule has 0 aliphatic carbocycles. The standard InChI is InChI=1S/C14H9BrF2N2O2/c15-8-5-10(16)12(11(17)6-8)14(21)19-9-3-1-2-7(4-9)13(18)20/h1-6H,(H2,18,20)(H,19,21). The van der Waals surface area contributed by atoms with Crippen molar-refractivity contribution in [2.24, 2.45) is 5.73 Å². The number of carbonyl (C=O) groups excluding carboxylic acids is 2. The number of nitrogens with one attached hydrogen (secondary N) is 1. The van der Waals surface area contributed by atoms with Crippen LogP contribution in [-0.4, -0.2) is 11.8 Å². The van der Waals surface area contributed by atoms with Crippen molar-refractivity contribution in [3.63, 3.8) is 0 Å². The summed E-state index contributed by atoms with van der Waals surface area (Å²) in [4.78, 5) is 23.0. The summed E-state index contributed by atoms with van der Waals surface area (Å²) in [7, 11) is 0. The van der Waals surface area contributed by atoms with Crippen LogP contribution in [0.25, 0.3) is 0 Å². The molecule has 0 radical (unpaired) electrons. The number of nitrogens with two attached hydrogens (primary N) is 1. The van der Waals surface area contributed by atoms with Crippen LogP contribution >= 0.6 is 15.9 Å². The third-order valence-electron chi connectivity index (χ3n) is 2.64. The van der Waals surface area contributed by atoms with E-state index in [1.807, 2.05) is 0 Å². The summed E-state index contributed by atoms with van der Waals surface area (Å²) >= 11 is 2.93. The summed E-state index contributed by atoms with van der Waals surface area (Å²) in [5.41, 5.74) is 4.78. The highest BCUT2D eigenvalue weighted by Crippen LogP contribution is 2.21. The molecule has 0 unspecified atom stereocenters. The summed E-state index contributed by atoms with van der Waals surface area (Å²) < 4.78 is 27.5. The maximum Gasteiger partial charge on any atom is 0.261 e. The molecule has 2 amide bonds. The molecule has 0 spiro atoms. The maximum atomic E-state index is 13.7.